The Balaban J connectivity index is 1.96. The lowest BCUT2D eigenvalue weighted by molar-refractivity contribution is -0.127. The number of nitrogens with one attached hydrogen (secondary N) is 1. The summed E-state index contributed by atoms with van der Waals surface area (Å²) in [6.07, 6.45) is 2.06. The maximum atomic E-state index is 12.2. The van der Waals surface area contributed by atoms with Gasteiger partial charge in [-0.25, -0.2) is 4.79 Å². The second-order valence-electron chi connectivity index (χ2n) is 4.67. The molecule has 0 aromatic carbocycles. The summed E-state index contributed by atoms with van der Waals surface area (Å²) >= 11 is 1.27. The van der Waals surface area contributed by atoms with Gasteiger partial charge in [-0.2, -0.15) is 0 Å². The predicted octanol–water partition coefficient (Wildman–Crippen LogP) is 1.08. The van der Waals surface area contributed by atoms with Gasteiger partial charge in [0.25, 0.3) is 0 Å². The van der Waals surface area contributed by atoms with Crippen molar-refractivity contribution in [3.8, 4) is 0 Å². The molecule has 0 unspecified atom stereocenters. The maximum absolute atomic E-state index is 12.2. The van der Waals surface area contributed by atoms with Crippen molar-refractivity contribution >= 4 is 23.5 Å². The topological polar surface area (TPSA) is 84.4 Å². The SMILES string of the molecule is COC(=O)N1CCCC[C@H]1C(=O)NCc1snnc1C. The molecule has 1 fully saturated rings. The van der Waals surface area contributed by atoms with Crippen LogP contribution >= 0.6 is 11.5 Å². The monoisotopic (exact) mass is 298 g/mol. The highest BCUT2D eigenvalue weighted by molar-refractivity contribution is 7.05. The van der Waals surface area contributed by atoms with Gasteiger partial charge in [-0.1, -0.05) is 4.49 Å². The third-order valence-electron chi connectivity index (χ3n) is 3.38. The average Bonchev–Trinajstić information content (AvgIpc) is 2.89. The molecule has 2 rings (SSSR count). The first-order chi connectivity index (χ1) is 9.63. The summed E-state index contributed by atoms with van der Waals surface area (Å²) in [5.74, 6) is -0.150. The minimum absolute atomic E-state index is 0.150. The van der Waals surface area contributed by atoms with Crippen LogP contribution in [0.1, 0.15) is 29.8 Å². The molecule has 1 aromatic heterocycles. The molecule has 1 saturated heterocycles. The first-order valence-electron chi connectivity index (χ1n) is 6.53. The van der Waals surface area contributed by atoms with E-state index in [1.807, 2.05) is 6.92 Å². The van der Waals surface area contributed by atoms with Gasteiger partial charge in [0.2, 0.25) is 5.91 Å². The van der Waals surface area contributed by atoms with Gasteiger partial charge >= 0.3 is 6.09 Å². The van der Waals surface area contributed by atoms with E-state index in [1.165, 1.54) is 23.5 Å². The van der Waals surface area contributed by atoms with Crippen molar-refractivity contribution in [2.24, 2.45) is 0 Å². The van der Waals surface area contributed by atoms with E-state index in [2.05, 4.69) is 14.9 Å². The Morgan fingerprint density at radius 2 is 2.30 bits per heavy atom. The van der Waals surface area contributed by atoms with E-state index in [9.17, 15) is 9.59 Å². The highest BCUT2D eigenvalue weighted by atomic mass is 32.1. The summed E-state index contributed by atoms with van der Waals surface area (Å²) in [6.45, 7) is 2.81. The average molecular weight is 298 g/mol. The summed E-state index contributed by atoms with van der Waals surface area (Å²) < 4.78 is 8.55. The van der Waals surface area contributed by atoms with E-state index in [-0.39, 0.29) is 5.91 Å². The Morgan fingerprint density at radius 3 is 2.95 bits per heavy atom. The number of likely N-dealkylation sites (tertiary alicyclic amines) is 1. The number of hydrogen-bond donors (Lipinski definition) is 1. The Kier molecular flexibility index (Phi) is 4.89. The summed E-state index contributed by atoms with van der Waals surface area (Å²) in [5, 5.41) is 6.74. The number of rotatable bonds is 3. The zero-order chi connectivity index (χ0) is 14.5. The molecule has 0 radical (unpaired) electrons. The fourth-order valence-electron chi connectivity index (χ4n) is 2.24. The molecular formula is C12H18N4O3S. The van der Waals surface area contributed by atoms with Crippen LogP contribution in [-0.4, -0.2) is 46.2 Å². The van der Waals surface area contributed by atoms with Crippen LogP contribution < -0.4 is 5.32 Å². The standard InChI is InChI=1S/C12H18N4O3S/c1-8-10(20-15-14-8)7-13-11(17)9-5-3-4-6-16(9)12(18)19-2/h9H,3-7H2,1-2H3,(H,13,17)/t9-/m0/s1. The zero-order valence-corrected chi connectivity index (χ0v) is 12.4. The molecule has 0 bridgehead atoms. The van der Waals surface area contributed by atoms with Crippen molar-refractivity contribution < 1.29 is 14.3 Å². The fraction of sp³-hybridized carbons (Fsp3) is 0.667. The summed E-state index contributed by atoms with van der Waals surface area (Å²) in [4.78, 5) is 26.3. The third-order valence-corrected chi connectivity index (χ3v) is 4.21. The molecular weight excluding hydrogens is 280 g/mol. The molecule has 1 N–H and O–H groups in total. The van der Waals surface area contributed by atoms with Gasteiger partial charge in [0.05, 0.1) is 24.2 Å². The molecule has 0 aliphatic carbocycles. The maximum Gasteiger partial charge on any atom is 0.410 e. The largest absolute Gasteiger partial charge is 0.453 e. The van der Waals surface area contributed by atoms with E-state index in [0.717, 1.165) is 23.4 Å². The van der Waals surface area contributed by atoms with Gasteiger partial charge in [0.15, 0.2) is 0 Å². The van der Waals surface area contributed by atoms with E-state index in [4.69, 9.17) is 4.74 Å². The number of nitrogens with zero attached hydrogens (tertiary/aromatic N) is 3. The van der Waals surface area contributed by atoms with Crippen molar-refractivity contribution in [2.45, 2.75) is 38.8 Å². The predicted molar refractivity (Wildman–Crippen MR) is 73.2 cm³/mol. The van der Waals surface area contributed by atoms with E-state index in [0.29, 0.717) is 19.5 Å². The quantitative estimate of drug-likeness (QED) is 0.902. The number of piperidine rings is 1. The van der Waals surface area contributed by atoms with Gasteiger partial charge in [0, 0.05) is 6.54 Å². The van der Waals surface area contributed by atoms with Gasteiger partial charge < -0.3 is 10.1 Å². The van der Waals surface area contributed by atoms with E-state index in [1.54, 1.807) is 0 Å². The Bertz CT molecular complexity index is 491. The number of amides is 2. The molecule has 8 heteroatoms. The van der Waals surface area contributed by atoms with Crippen LogP contribution in [0.5, 0.6) is 0 Å². The number of carbonyl (C=O) groups excluding carboxylic acids is 2. The van der Waals surface area contributed by atoms with Crippen molar-refractivity contribution in [1.29, 1.82) is 0 Å². The number of aryl methyl sites for hydroxylation is 1. The number of hydrogen-bond acceptors (Lipinski definition) is 6. The highest BCUT2D eigenvalue weighted by Gasteiger charge is 2.32. The first kappa shape index (κ1) is 14.7. The lowest BCUT2D eigenvalue weighted by Crippen LogP contribution is -2.51. The van der Waals surface area contributed by atoms with Crippen molar-refractivity contribution in [1.82, 2.24) is 19.8 Å². The smallest absolute Gasteiger partial charge is 0.410 e. The molecule has 0 saturated carbocycles. The van der Waals surface area contributed by atoms with E-state index < -0.39 is 12.1 Å². The van der Waals surface area contributed by atoms with Crippen molar-refractivity contribution in [2.75, 3.05) is 13.7 Å². The molecule has 1 aliphatic heterocycles. The molecule has 1 aromatic rings. The van der Waals surface area contributed by atoms with Crippen molar-refractivity contribution in [3.63, 3.8) is 0 Å². The third kappa shape index (κ3) is 3.24. The molecule has 7 nitrogen and oxygen atoms in total. The number of carbonyl (C=O) groups is 2. The van der Waals surface area contributed by atoms with Crippen LogP contribution in [0, 0.1) is 6.92 Å². The van der Waals surface area contributed by atoms with Crippen LogP contribution in [0.3, 0.4) is 0 Å². The Hall–Kier alpha value is -1.70. The van der Waals surface area contributed by atoms with Gasteiger partial charge in [-0.05, 0) is 37.7 Å². The summed E-state index contributed by atoms with van der Waals surface area (Å²) in [7, 11) is 1.33. The molecule has 110 valence electrons. The van der Waals surface area contributed by atoms with E-state index >= 15 is 0 Å². The number of ether oxygens (including phenoxy) is 1. The molecule has 0 spiro atoms. The van der Waals surface area contributed by atoms with Crippen LogP contribution in [0.4, 0.5) is 4.79 Å². The number of aromatic nitrogens is 2. The number of methoxy groups -OCH3 is 1. The van der Waals surface area contributed by atoms with Crippen LogP contribution in [0.25, 0.3) is 0 Å². The van der Waals surface area contributed by atoms with Crippen LogP contribution in [0.2, 0.25) is 0 Å². The summed E-state index contributed by atoms with van der Waals surface area (Å²) in [5.41, 5.74) is 0.823. The molecule has 20 heavy (non-hydrogen) atoms. The van der Waals surface area contributed by atoms with Crippen LogP contribution in [-0.2, 0) is 16.1 Å². The normalized spacial score (nSPS) is 18.7. The first-order valence-corrected chi connectivity index (χ1v) is 7.31. The van der Waals surface area contributed by atoms with Gasteiger partial charge in [-0.3, -0.25) is 9.69 Å². The fourth-order valence-corrected chi connectivity index (χ4v) is 2.81. The zero-order valence-electron chi connectivity index (χ0n) is 11.6. The van der Waals surface area contributed by atoms with Crippen LogP contribution in [0.15, 0.2) is 0 Å². The second kappa shape index (κ2) is 6.65. The minimum atomic E-state index is -0.447. The highest BCUT2D eigenvalue weighted by Crippen LogP contribution is 2.18. The van der Waals surface area contributed by atoms with Gasteiger partial charge in [0.1, 0.15) is 6.04 Å². The lowest BCUT2D eigenvalue weighted by Gasteiger charge is -2.33. The Labute approximate surface area is 121 Å². The lowest BCUT2D eigenvalue weighted by atomic mass is 10.0. The molecule has 2 amide bonds. The van der Waals surface area contributed by atoms with Gasteiger partial charge in [-0.15, -0.1) is 5.10 Å². The molecule has 2 heterocycles. The minimum Gasteiger partial charge on any atom is -0.453 e. The summed E-state index contributed by atoms with van der Waals surface area (Å²) in [6, 6.07) is -0.447. The molecule has 1 aliphatic rings. The molecule has 1 atom stereocenters. The van der Waals surface area contributed by atoms with Crippen molar-refractivity contribution in [3.05, 3.63) is 10.6 Å². The second-order valence-corrected chi connectivity index (χ2v) is 5.51. The Morgan fingerprint density at radius 1 is 1.50 bits per heavy atom.